The van der Waals surface area contributed by atoms with Crippen LogP contribution in [0, 0.1) is 6.92 Å². The maximum atomic E-state index is 12.6. The lowest BCUT2D eigenvalue weighted by Crippen LogP contribution is -2.39. The topological polar surface area (TPSA) is 84.0 Å². The van der Waals surface area contributed by atoms with Gasteiger partial charge in [-0.05, 0) is 32.0 Å². The van der Waals surface area contributed by atoms with E-state index in [0.717, 1.165) is 5.56 Å². The van der Waals surface area contributed by atoms with Crippen LogP contribution in [-0.4, -0.2) is 38.2 Å². The summed E-state index contributed by atoms with van der Waals surface area (Å²) in [5.41, 5.74) is 2.16. The van der Waals surface area contributed by atoms with Crippen LogP contribution in [0.1, 0.15) is 25.0 Å². The Bertz CT molecular complexity index is 897. The second-order valence-corrected chi connectivity index (χ2v) is 6.67. The van der Waals surface area contributed by atoms with Gasteiger partial charge in [-0.1, -0.05) is 23.8 Å². The van der Waals surface area contributed by atoms with E-state index in [9.17, 15) is 13.6 Å². The molecule has 2 rings (SSSR count). The van der Waals surface area contributed by atoms with Crippen LogP contribution in [0.3, 0.4) is 0 Å². The van der Waals surface area contributed by atoms with Crippen LogP contribution >= 0.6 is 24.0 Å². The van der Waals surface area contributed by atoms with E-state index in [4.69, 9.17) is 4.74 Å². The van der Waals surface area contributed by atoms with Crippen molar-refractivity contribution in [2.75, 3.05) is 25.0 Å². The number of ether oxygens (including phenoxy) is 2. The molecule has 0 aromatic heterocycles. The van der Waals surface area contributed by atoms with Gasteiger partial charge in [0.15, 0.2) is 5.96 Å². The van der Waals surface area contributed by atoms with Crippen molar-refractivity contribution >= 4 is 41.5 Å². The fourth-order valence-electron chi connectivity index (χ4n) is 2.75. The van der Waals surface area contributed by atoms with Crippen LogP contribution in [0.25, 0.3) is 0 Å². The second kappa shape index (κ2) is 14.4. The van der Waals surface area contributed by atoms with Gasteiger partial charge in [0, 0.05) is 30.8 Å². The normalized spacial score (nSPS) is 10.9. The van der Waals surface area contributed by atoms with E-state index in [2.05, 4.69) is 25.7 Å². The molecule has 7 nitrogen and oxygen atoms in total. The molecule has 10 heteroatoms. The summed E-state index contributed by atoms with van der Waals surface area (Å²) >= 11 is 0. The molecule has 2 aromatic rings. The molecule has 0 saturated carbocycles. The molecule has 2 aromatic carbocycles. The first-order valence-electron chi connectivity index (χ1n) is 9.94. The number of benzene rings is 2. The molecule has 0 saturated heterocycles. The van der Waals surface area contributed by atoms with Crippen LogP contribution in [0.15, 0.2) is 47.5 Å². The average molecular weight is 562 g/mol. The molecule has 0 radical (unpaired) electrons. The van der Waals surface area contributed by atoms with E-state index in [1.165, 1.54) is 13.0 Å². The van der Waals surface area contributed by atoms with Crippen molar-refractivity contribution in [3.05, 3.63) is 53.6 Å². The van der Waals surface area contributed by atoms with Crippen LogP contribution in [-0.2, 0) is 11.3 Å². The Labute approximate surface area is 204 Å². The molecule has 0 aliphatic carbocycles. The number of carbonyl (C=O) groups is 1. The zero-order valence-corrected chi connectivity index (χ0v) is 20.6. The zero-order valence-electron chi connectivity index (χ0n) is 18.3. The first-order chi connectivity index (χ1) is 14.9. The van der Waals surface area contributed by atoms with Crippen LogP contribution in [0.5, 0.6) is 11.5 Å². The minimum absolute atomic E-state index is 0. The van der Waals surface area contributed by atoms with Crippen molar-refractivity contribution in [2.24, 2.45) is 4.99 Å². The zero-order chi connectivity index (χ0) is 22.6. The summed E-state index contributed by atoms with van der Waals surface area (Å²) in [5.74, 6) is 1.12. The van der Waals surface area contributed by atoms with E-state index >= 15 is 0 Å². The van der Waals surface area contributed by atoms with Crippen molar-refractivity contribution < 1.29 is 23.0 Å². The molecule has 0 atom stereocenters. The SMILES string of the molecule is CCNC(=NCc1cc(C)ccc1OC(F)F)NCCOc1cccc(NC(C)=O)c1.I. The molecule has 32 heavy (non-hydrogen) atoms. The van der Waals surface area contributed by atoms with E-state index in [1.54, 1.807) is 36.4 Å². The van der Waals surface area contributed by atoms with Gasteiger partial charge in [0.25, 0.3) is 0 Å². The number of halogens is 3. The molecular weight excluding hydrogens is 533 g/mol. The fourth-order valence-corrected chi connectivity index (χ4v) is 2.75. The van der Waals surface area contributed by atoms with Gasteiger partial charge in [-0.2, -0.15) is 8.78 Å². The van der Waals surface area contributed by atoms with Crippen molar-refractivity contribution in [2.45, 2.75) is 33.9 Å². The molecule has 0 aliphatic rings. The monoisotopic (exact) mass is 562 g/mol. The number of carbonyl (C=O) groups excluding carboxylic acids is 1. The largest absolute Gasteiger partial charge is 0.492 e. The molecule has 1 amide bonds. The third kappa shape index (κ3) is 10.1. The fraction of sp³-hybridized carbons (Fsp3) is 0.364. The lowest BCUT2D eigenvalue weighted by molar-refractivity contribution is -0.114. The van der Waals surface area contributed by atoms with E-state index in [0.29, 0.717) is 42.7 Å². The van der Waals surface area contributed by atoms with Crippen molar-refractivity contribution in [3.8, 4) is 11.5 Å². The number of amides is 1. The third-order valence-corrected chi connectivity index (χ3v) is 4.00. The number of anilines is 1. The minimum atomic E-state index is -2.89. The molecule has 0 bridgehead atoms. The van der Waals surface area contributed by atoms with E-state index in [-0.39, 0.29) is 42.2 Å². The summed E-state index contributed by atoms with van der Waals surface area (Å²) in [7, 11) is 0. The molecule has 0 aliphatic heterocycles. The van der Waals surface area contributed by atoms with Crippen molar-refractivity contribution in [1.82, 2.24) is 10.6 Å². The molecule has 176 valence electrons. The van der Waals surface area contributed by atoms with Gasteiger partial charge in [-0.15, -0.1) is 24.0 Å². The number of aryl methyl sites for hydroxylation is 1. The highest BCUT2D eigenvalue weighted by Gasteiger charge is 2.10. The van der Waals surface area contributed by atoms with Crippen molar-refractivity contribution in [3.63, 3.8) is 0 Å². The Morgan fingerprint density at radius 2 is 1.94 bits per heavy atom. The average Bonchev–Trinajstić information content (AvgIpc) is 2.70. The first-order valence-corrected chi connectivity index (χ1v) is 9.94. The quantitative estimate of drug-likeness (QED) is 0.174. The van der Waals surface area contributed by atoms with Gasteiger partial charge in [0.1, 0.15) is 18.1 Å². The summed E-state index contributed by atoms with van der Waals surface area (Å²) in [6, 6.07) is 12.1. The number of hydrogen-bond donors (Lipinski definition) is 3. The van der Waals surface area contributed by atoms with Crippen LogP contribution in [0.2, 0.25) is 0 Å². The minimum Gasteiger partial charge on any atom is -0.492 e. The van der Waals surface area contributed by atoms with E-state index in [1.807, 2.05) is 13.8 Å². The maximum Gasteiger partial charge on any atom is 0.387 e. The second-order valence-electron chi connectivity index (χ2n) is 6.67. The predicted molar refractivity (Wildman–Crippen MR) is 132 cm³/mol. The summed E-state index contributed by atoms with van der Waals surface area (Å²) in [6.07, 6.45) is 0. The number of hydrogen-bond acceptors (Lipinski definition) is 4. The molecule has 0 spiro atoms. The highest BCUT2D eigenvalue weighted by Crippen LogP contribution is 2.23. The number of guanidine groups is 1. The van der Waals surface area contributed by atoms with Gasteiger partial charge in [-0.25, -0.2) is 4.99 Å². The summed E-state index contributed by atoms with van der Waals surface area (Å²) < 4.78 is 35.6. The molecular formula is C22H29F2IN4O3. The summed E-state index contributed by atoms with van der Waals surface area (Å²) in [6.45, 7) is 4.00. The molecule has 0 heterocycles. The van der Waals surface area contributed by atoms with Crippen LogP contribution < -0.4 is 25.4 Å². The van der Waals surface area contributed by atoms with Gasteiger partial charge < -0.3 is 25.4 Å². The number of aliphatic imine (C=N–C) groups is 1. The van der Waals surface area contributed by atoms with Gasteiger partial charge in [-0.3, -0.25) is 4.79 Å². The standard InChI is InChI=1S/C22H28F2N4O3.HI/c1-4-25-22(27-14-17-12-15(2)8-9-20(17)31-21(23)24)26-10-11-30-19-7-5-6-18(13-19)28-16(3)29;/h5-9,12-13,21H,4,10-11,14H2,1-3H3,(H,28,29)(H2,25,26,27);1H. The highest BCUT2D eigenvalue weighted by atomic mass is 127. The Kier molecular flexibility index (Phi) is 12.4. The number of alkyl halides is 2. The Morgan fingerprint density at radius 1 is 1.16 bits per heavy atom. The lowest BCUT2D eigenvalue weighted by atomic mass is 10.1. The highest BCUT2D eigenvalue weighted by molar-refractivity contribution is 14.0. The maximum absolute atomic E-state index is 12.6. The molecule has 3 N–H and O–H groups in total. The summed E-state index contributed by atoms with van der Waals surface area (Å²) in [5, 5.41) is 8.94. The summed E-state index contributed by atoms with van der Waals surface area (Å²) in [4.78, 5) is 15.6. The first kappa shape index (κ1) is 27.4. The Morgan fingerprint density at radius 3 is 2.62 bits per heavy atom. The molecule has 0 fully saturated rings. The van der Waals surface area contributed by atoms with Crippen LogP contribution in [0.4, 0.5) is 14.5 Å². The Balaban J connectivity index is 0.00000512. The third-order valence-electron chi connectivity index (χ3n) is 4.00. The van der Waals surface area contributed by atoms with E-state index < -0.39 is 6.61 Å². The smallest absolute Gasteiger partial charge is 0.387 e. The lowest BCUT2D eigenvalue weighted by Gasteiger charge is -2.14. The van der Waals surface area contributed by atoms with Gasteiger partial charge in [0.2, 0.25) is 5.91 Å². The number of rotatable bonds is 10. The van der Waals surface area contributed by atoms with Gasteiger partial charge >= 0.3 is 6.61 Å². The van der Waals surface area contributed by atoms with Gasteiger partial charge in [0.05, 0.1) is 13.1 Å². The number of nitrogens with one attached hydrogen (secondary N) is 3. The van der Waals surface area contributed by atoms with Crippen molar-refractivity contribution in [1.29, 1.82) is 0 Å². The number of nitrogens with zero attached hydrogens (tertiary/aromatic N) is 1. The molecule has 0 unspecified atom stereocenters. The predicted octanol–water partition coefficient (Wildman–Crippen LogP) is 4.31. The Hall–Kier alpha value is -2.63.